The van der Waals surface area contributed by atoms with Crippen molar-refractivity contribution in [1.82, 2.24) is 0 Å². The number of para-hydroxylation sites is 1. The van der Waals surface area contributed by atoms with Crippen molar-refractivity contribution in [3.63, 3.8) is 0 Å². The molecule has 4 unspecified atom stereocenters. The smallest absolute Gasteiger partial charge is 0.252 e. The van der Waals surface area contributed by atoms with Crippen LogP contribution in [0, 0.1) is 0 Å². The minimum absolute atomic E-state index is 0.0128. The fourth-order valence-corrected chi connectivity index (χ4v) is 19.2. The molecule has 4 heteroatoms. The molecule has 7 aromatic rings. The van der Waals surface area contributed by atoms with Crippen molar-refractivity contribution in [3.8, 4) is 11.1 Å². The molecule has 0 amide bonds. The third-order valence-electron chi connectivity index (χ3n) is 24.0. The minimum Gasteiger partial charge on any atom is -0.334 e. The Kier molecular flexibility index (Phi) is 9.68. The Morgan fingerprint density at radius 2 is 0.875 bits per heavy atom. The van der Waals surface area contributed by atoms with Crippen LogP contribution in [-0.4, -0.2) is 12.3 Å². The molecular formula is C76H84BN3. The van der Waals surface area contributed by atoms with Crippen molar-refractivity contribution >= 4 is 68.6 Å². The van der Waals surface area contributed by atoms with E-state index in [0.717, 1.165) is 12.8 Å². The summed E-state index contributed by atoms with van der Waals surface area (Å²) in [7, 11) is 0. The Bertz CT molecular complexity index is 3900. The summed E-state index contributed by atoms with van der Waals surface area (Å²) >= 11 is 0. The predicted octanol–water partition coefficient (Wildman–Crippen LogP) is 18.4. The summed E-state index contributed by atoms with van der Waals surface area (Å²) in [5.74, 6) is 1.16. The number of nitrogens with zero attached hydrogens (tertiary/aromatic N) is 3. The molecule has 3 heterocycles. The summed E-state index contributed by atoms with van der Waals surface area (Å²) in [5.41, 5.74) is 31.9. The molecule has 16 rings (SSSR count). The Morgan fingerprint density at radius 3 is 1.54 bits per heavy atom. The summed E-state index contributed by atoms with van der Waals surface area (Å²) in [5, 5.41) is 0. The van der Waals surface area contributed by atoms with Crippen LogP contribution < -0.4 is 31.1 Å². The van der Waals surface area contributed by atoms with E-state index < -0.39 is 0 Å². The van der Waals surface area contributed by atoms with Gasteiger partial charge in [0.05, 0.1) is 5.54 Å². The van der Waals surface area contributed by atoms with E-state index in [0.29, 0.717) is 11.8 Å². The SMILES string of the molecule is CC1(C)CCC(C)(C)c2cc(N3c4cc5c(cc4B4c6cc7c(cc6N(c6ccc8c(c6)C6CC6c6ccccc6-8)c6cc(N8c9ccccc9C9(C)CCCCC89C)cc3c64)C(C)(C)CC7(C)C)C(C)(C)CCC5(C)C)ccc21. The van der Waals surface area contributed by atoms with Crippen LogP contribution in [0.5, 0.6) is 0 Å². The van der Waals surface area contributed by atoms with Crippen LogP contribution in [0.4, 0.5) is 45.5 Å². The maximum Gasteiger partial charge on any atom is 0.252 e. The number of fused-ring (bicyclic) bond motifs is 16. The van der Waals surface area contributed by atoms with Crippen LogP contribution in [0.1, 0.15) is 223 Å². The molecular weight excluding hydrogens is 966 g/mol. The lowest BCUT2D eigenvalue weighted by Gasteiger charge is -2.51. The zero-order chi connectivity index (χ0) is 55.4. The number of hydrogen-bond donors (Lipinski definition) is 0. The maximum atomic E-state index is 2.87. The molecule has 3 nitrogen and oxygen atoms in total. The van der Waals surface area contributed by atoms with Crippen molar-refractivity contribution < 1.29 is 0 Å². The van der Waals surface area contributed by atoms with Crippen LogP contribution in [-0.2, 0) is 37.9 Å². The fraction of sp³-hybridized carbons (Fsp3) is 0.447. The quantitative estimate of drug-likeness (QED) is 0.163. The zero-order valence-corrected chi connectivity index (χ0v) is 50.7. The molecule has 4 atom stereocenters. The molecule has 7 aromatic carbocycles. The first-order chi connectivity index (χ1) is 37.8. The normalized spacial score (nSPS) is 27.0. The van der Waals surface area contributed by atoms with Crippen LogP contribution in [0.2, 0.25) is 0 Å². The first kappa shape index (κ1) is 49.8. The zero-order valence-electron chi connectivity index (χ0n) is 50.7. The van der Waals surface area contributed by atoms with Crippen molar-refractivity contribution in [2.45, 2.75) is 216 Å². The van der Waals surface area contributed by atoms with Gasteiger partial charge < -0.3 is 14.7 Å². The predicted molar refractivity (Wildman–Crippen MR) is 340 cm³/mol. The Labute approximate surface area is 479 Å². The first-order valence-electron chi connectivity index (χ1n) is 31.3. The van der Waals surface area contributed by atoms with E-state index in [-0.39, 0.29) is 50.2 Å². The van der Waals surface area contributed by atoms with Crippen molar-refractivity contribution in [2.75, 3.05) is 14.7 Å². The van der Waals surface area contributed by atoms with Crippen LogP contribution >= 0.6 is 0 Å². The van der Waals surface area contributed by atoms with Gasteiger partial charge in [-0.25, -0.2) is 0 Å². The Morgan fingerprint density at radius 1 is 0.375 bits per heavy atom. The molecule has 9 aliphatic rings. The molecule has 6 aliphatic carbocycles. The van der Waals surface area contributed by atoms with Gasteiger partial charge in [0.15, 0.2) is 0 Å². The van der Waals surface area contributed by atoms with Crippen molar-refractivity contribution in [2.24, 2.45) is 0 Å². The molecule has 3 aliphatic heterocycles. The van der Waals surface area contributed by atoms with Gasteiger partial charge in [0.25, 0.3) is 6.71 Å². The highest BCUT2D eigenvalue weighted by atomic mass is 15.3. The Hall–Kier alpha value is -6.00. The Balaban J connectivity index is 1.05. The van der Waals surface area contributed by atoms with Crippen LogP contribution in [0.3, 0.4) is 0 Å². The molecule has 0 saturated heterocycles. The number of benzene rings is 7. The fourth-order valence-electron chi connectivity index (χ4n) is 19.2. The topological polar surface area (TPSA) is 9.72 Å². The van der Waals surface area contributed by atoms with Crippen molar-refractivity contribution in [1.29, 1.82) is 0 Å². The van der Waals surface area contributed by atoms with E-state index in [1.165, 1.54) is 163 Å². The second-order valence-electron chi connectivity index (χ2n) is 31.6. The van der Waals surface area contributed by atoms with E-state index in [2.05, 4.69) is 233 Å². The lowest BCUT2D eigenvalue weighted by Crippen LogP contribution is -2.62. The average Bonchev–Trinajstić information content (AvgIpc) is 4.40. The summed E-state index contributed by atoms with van der Waals surface area (Å²) in [4.78, 5) is 8.50. The summed E-state index contributed by atoms with van der Waals surface area (Å²) < 4.78 is 0. The minimum atomic E-state index is -0.114. The van der Waals surface area contributed by atoms with Crippen molar-refractivity contribution in [3.05, 3.63) is 171 Å². The van der Waals surface area contributed by atoms with E-state index in [1.54, 1.807) is 11.1 Å². The lowest BCUT2D eigenvalue weighted by atomic mass is 9.33. The molecule has 80 heavy (non-hydrogen) atoms. The first-order valence-corrected chi connectivity index (χ1v) is 31.3. The van der Waals surface area contributed by atoms with E-state index >= 15 is 0 Å². The highest BCUT2D eigenvalue weighted by Crippen LogP contribution is 2.65. The van der Waals surface area contributed by atoms with Crippen LogP contribution in [0.15, 0.2) is 121 Å². The summed E-state index contributed by atoms with van der Waals surface area (Å²) in [6, 6.07) is 50.7. The highest BCUT2D eigenvalue weighted by molar-refractivity contribution is 7.00. The third kappa shape index (κ3) is 6.41. The van der Waals surface area contributed by atoms with Gasteiger partial charge in [-0.3, -0.25) is 0 Å². The molecule has 2 fully saturated rings. The molecule has 2 saturated carbocycles. The van der Waals surface area contributed by atoms with Gasteiger partial charge in [-0.15, -0.1) is 0 Å². The molecule has 0 spiro atoms. The number of rotatable bonds is 3. The van der Waals surface area contributed by atoms with Gasteiger partial charge in [-0.2, -0.15) is 0 Å². The van der Waals surface area contributed by atoms with Gasteiger partial charge in [0.2, 0.25) is 0 Å². The largest absolute Gasteiger partial charge is 0.334 e. The molecule has 0 aromatic heterocycles. The standard InChI is InChI=1S/C76H84BN3/c1-69(2)31-32-70(3,4)56-36-46(26-28-54(56)69)79-64-42-59-57(71(5,6)33-34-72(59,7)8)40-61(64)77-62-41-58-60(74(11,12)44-73(58,9)10)43-65(62)78(45-25-27-50-48-21-15-16-22-49(48)52-39-53(52)51(50)35-45)66-37-47(38-67(79)68(66)77)80-63-24-18-17-23-55(63)75(13)29-19-20-30-76(75,80)14/h15-18,21-28,35-38,40-43,52-53H,19-20,29-34,39,44H2,1-14H3. The van der Waals surface area contributed by atoms with E-state index in [4.69, 9.17) is 0 Å². The second-order valence-corrected chi connectivity index (χ2v) is 31.6. The van der Waals surface area contributed by atoms with Crippen LogP contribution in [0.25, 0.3) is 11.1 Å². The molecule has 0 N–H and O–H groups in total. The second kappa shape index (κ2) is 15.6. The van der Waals surface area contributed by atoms with E-state index in [1.807, 2.05) is 0 Å². The molecule has 406 valence electrons. The van der Waals surface area contributed by atoms with Gasteiger partial charge in [0, 0.05) is 50.9 Å². The van der Waals surface area contributed by atoms with Gasteiger partial charge in [-0.1, -0.05) is 170 Å². The van der Waals surface area contributed by atoms with Gasteiger partial charge in [-0.05, 0) is 235 Å². The average molecular weight is 1050 g/mol. The summed E-state index contributed by atoms with van der Waals surface area (Å²) in [6.07, 6.45) is 12.0. The molecule has 0 radical (unpaired) electrons. The highest BCUT2D eigenvalue weighted by Gasteiger charge is 2.59. The summed E-state index contributed by atoms with van der Waals surface area (Å²) in [6.45, 7) is 35.5. The monoisotopic (exact) mass is 1050 g/mol. The van der Waals surface area contributed by atoms with Gasteiger partial charge >= 0.3 is 0 Å². The molecule has 0 bridgehead atoms. The number of anilines is 8. The lowest BCUT2D eigenvalue weighted by molar-refractivity contribution is 0.195. The third-order valence-corrected chi connectivity index (χ3v) is 24.0. The van der Waals surface area contributed by atoms with E-state index in [9.17, 15) is 0 Å². The van der Waals surface area contributed by atoms with Gasteiger partial charge in [0.1, 0.15) is 0 Å². The maximum absolute atomic E-state index is 2.87. The number of hydrogen-bond acceptors (Lipinski definition) is 3.